The number of carbonyl (C=O) groups excluding carboxylic acids is 1. The lowest BCUT2D eigenvalue weighted by Gasteiger charge is -2.34. The minimum Gasteiger partial charge on any atom is -0.508 e. The topological polar surface area (TPSA) is 104 Å². The van der Waals surface area contributed by atoms with Gasteiger partial charge in [-0.15, -0.1) is 0 Å². The number of halogens is 3. The minimum absolute atomic E-state index is 0.000225. The van der Waals surface area contributed by atoms with Gasteiger partial charge in [0.25, 0.3) is 0 Å². The average Bonchev–Trinajstić information content (AvgIpc) is 3.59. The van der Waals surface area contributed by atoms with Gasteiger partial charge >= 0.3 is 6.01 Å². The lowest BCUT2D eigenvalue weighted by atomic mass is 9.93. The number of anilines is 1. The van der Waals surface area contributed by atoms with Gasteiger partial charge in [-0.1, -0.05) is 6.07 Å². The summed E-state index contributed by atoms with van der Waals surface area (Å²) < 4.78 is 53.1. The molecule has 2 N–H and O–H groups in total. The first-order chi connectivity index (χ1) is 22.8. The van der Waals surface area contributed by atoms with Crippen LogP contribution in [0.4, 0.5) is 19.0 Å². The standard InChI is InChI=1S/C35H37F3N6O3/c36-22-14-35(9-3-11-44(35)18-22)19-47-34-41-32-26-16-40-31(30(32)38)25-13-23(45)12-21-7-8-27(37)24(29(21)25)5-1-6-28(46)39-15-20-4-2-10-43(17-20)33(26)42-34/h7-8,12-13,16,20,22,45H,1-6,9-11,14-15,17-19H2,(H,39,46)/t20?,22-,35+/m1/s1. The summed E-state index contributed by atoms with van der Waals surface area (Å²) in [7, 11) is 0. The molecule has 3 fully saturated rings. The van der Waals surface area contributed by atoms with Crippen LogP contribution in [-0.4, -0.2) is 81.9 Å². The van der Waals surface area contributed by atoms with Gasteiger partial charge in [-0.25, -0.2) is 13.2 Å². The van der Waals surface area contributed by atoms with E-state index in [1.165, 1.54) is 24.4 Å². The van der Waals surface area contributed by atoms with Crippen LogP contribution in [0.2, 0.25) is 0 Å². The van der Waals surface area contributed by atoms with Crippen LogP contribution in [-0.2, 0) is 11.2 Å². The van der Waals surface area contributed by atoms with E-state index in [0.717, 1.165) is 32.2 Å². The Balaban J connectivity index is 1.30. The fraction of sp³-hybridized carbons (Fsp3) is 0.486. The number of nitrogens with one attached hydrogen (secondary N) is 1. The molecule has 47 heavy (non-hydrogen) atoms. The second kappa shape index (κ2) is 11.8. The van der Waals surface area contributed by atoms with E-state index in [4.69, 9.17) is 9.72 Å². The van der Waals surface area contributed by atoms with Crippen molar-refractivity contribution in [2.24, 2.45) is 5.92 Å². The first-order valence-electron chi connectivity index (χ1n) is 16.6. The molecule has 1 unspecified atom stereocenters. The Morgan fingerprint density at radius 1 is 1.09 bits per heavy atom. The number of aromatic hydroxyl groups is 1. The Kier molecular flexibility index (Phi) is 7.57. The van der Waals surface area contributed by atoms with Crippen LogP contribution >= 0.6 is 0 Å². The van der Waals surface area contributed by atoms with Gasteiger partial charge in [-0.05, 0) is 85.5 Å². The molecular weight excluding hydrogens is 609 g/mol. The number of nitrogens with zero attached hydrogens (tertiary/aromatic N) is 5. The van der Waals surface area contributed by atoms with Crippen molar-refractivity contribution in [3.8, 4) is 23.0 Å². The number of pyridine rings is 1. The molecule has 6 bridgehead atoms. The van der Waals surface area contributed by atoms with Gasteiger partial charge in [-0.2, -0.15) is 9.97 Å². The monoisotopic (exact) mass is 646 g/mol. The van der Waals surface area contributed by atoms with E-state index in [1.807, 2.05) is 0 Å². The number of carbonyl (C=O) groups is 1. The van der Waals surface area contributed by atoms with Gasteiger partial charge in [0.15, 0.2) is 5.82 Å². The molecule has 5 aliphatic heterocycles. The molecular formula is C35H37F3N6O3. The van der Waals surface area contributed by atoms with Gasteiger partial charge in [0.1, 0.15) is 41.4 Å². The smallest absolute Gasteiger partial charge is 0.319 e. The van der Waals surface area contributed by atoms with Crippen LogP contribution in [0.3, 0.4) is 0 Å². The Hall–Kier alpha value is -4.19. The largest absolute Gasteiger partial charge is 0.508 e. The number of amides is 1. The van der Waals surface area contributed by atoms with E-state index >= 15 is 8.78 Å². The number of hydrogen-bond acceptors (Lipinski definition) is 8. The lowest BCUT2D eigenvalue weighted by molar-refractivity contribution is -0.121. The Bertz CT molecular complexity index is 1890. The van der Waals surface area contributed by atoms with Crippen molar-refractivity contribution >= 4 is 33.4 Å². The van der Waals surface area contributed by atoms with Gasteiger partial charge < -0.3 is 20.1 Å². The summed E-state index contributed by atoms with van der Waals surface area (Å²) in [5, 5.41) is 15.1. The van der Waals surface area contributed by atoms with E-state index in [1.54, 1.807) is 6.07 Å². The van der Waals surface area contributed by atoms with Crippen molar-refractivity contribution in [2.45, 2.75) is 63.1 Å². The van der Waals surface area contributed by atoms with Gasteiger partial charge in [0, 0.05) is 50.8 Å². The first kappa shape index (κ1) is 30.2. The number of aromatic nitrogens is 3. The molecule has 3 atom stereocenters. The molecule has 0 radical (unpaired) electrons. The van der Waals surface area contributed by atoms with Crippen LogP contribution in [0.1, 0.15) is 50.5 Å². The molecule has 4 aromatic rings. The molecule has 7 heterocycles. The fourth-order valence-corrected chi connectivity index (χ4v) is 8.29. The molecule has 0 saturated carbocycles. The highest BCUT2D eigenvalue weighted by Gasteiger charge is 2.49. The summed E-state index contributed by atoms with van der Waals surface area (Å²) in [5.41, 5.74) is 0.0227. The summed E-state index contributed by atoms with van der Waals surface area (Å²) in [6.07, 6.45) is 5.35. The van der Waals surface area contributed by atoms with Gasteiger partial charge in [0.2, 0.25) is 5.91 Å². The number of hydrogen-bond donors (Lipinski definition) is 2. The second-order valence-electron chi connectivity index (χ2n) is 13.6. The van der Waals surface area contributed by atoms with Crippen LogP contribution < -0.4 is 15.0 Å². The highest BCUT2D eigenvalue weighted by Crippen LogP contribution is 2.42. The third-order valence-corrected chi connectivity index (χ3v) is 10.5. The molecule has 9 rings (SSSR count). The number of phenolic OH excluding ortho intramolecular Hbond substituents is 1. The summed E-state index contributed by atoms with van der Waals surface area (Å²) in [4.78, 5) is 31.0. The number of rotatable bonds is 3. The van der Waals surface area contributed by atoms with Crippen LogP contribution in [0.25, 0.3) is 32.9 Å². The first-order valence-corrected chi connectivity index (χ1v) is 16.6. The van der Waals surface area contributed by atoms with Gasteiger partial charge in [0.05, 0.1) is 10.9 Å². The lowest BCUT2D eigenvalue weighted by Crippen LogP contribution is -2.43. The molecule has 5 aliphatic rings. The van der Waals surface area contributed by atoms with E-state index in [0.29, 0.717) is 66.6 Å². The SMILES string of the molecule is O=C1CCCc2c(F)ccc3cc(O)cc(c23)-c2ncc3c(nc(OC[C@@]45CCCN4C[C@H](F)C5)nc3c2F)N2CCCC(CN1)C2. The number of fused-ring (bicyclic) bond motifs is 7. The Morgan fingerprint density at radius 2 is 1.98 bits per heavy atom. The highest BCUT2D eigenvalue weighted by atomic mass is 19.1. The summed E-state index contributed by atoms with van der Waals surface area (Å²) >= 11 is 0. The van der Waals surface area contributed by atoms with Gasteiger partial charge in [-0.3, -0.25) is 14.7 Å². The average molecular weight is 647 g/mol. The van der Waals surface area contributed by atoms with Crippen LogP contribution in [0, 0.1) is 17.6 Å². The van der Waals surface area contributed by atoms with E-state index in [-0.39, 0.29) is 59.8 Å². The Labute approximate surface area is 270 Å². The predicted octanol–water partition coefficient (Wildman–Crippen LogP) is 5.45. The summed E-state index contributed by atoms with van der Waals surface area (Å²) in [5.74, 6) is -0.823. The number of phenols is 1. The molecule has 0 spiro atoms. The van der Waals surface area contributed by atoms with Crippen molar-refractivity contribution in [3.63, 3.8) is 0 Å². The number of piperidine rings is 1. The number of alkyl halides is 1. The number of ether oxygens (including phenoxy) is 1. The van der Waals surface area contributed by atoms with E-state index < -0.39 is 23.3 Å². The number of aryl methyl sites for hydroxylation is 1. The molecule has 2 aromatic heterocycles. The minimum atomic E-state index is -0.924. The Morgan fingerprint density at radius 3 is 2.87 bits per heavy atom. The van der Waals surface area contributed by atoms with E-state index in [9.17, 15) is 14.3 Å². The van der Waals surface area contributed by atoms with Crippen molar-refractivity contribution in [1.82, 2.24) is 25.2 Å². The zero-order valence-corrected chi connectivity index (χ0v) is 26.1. The van der Waals surface area contributed by atoms with Crippen molar-refractivity contribution in [3.05, 3.63) is 47.7 Å². The maximum Gasteiger partial charge on any atom is 0.319 e. The molecule has 246 valence electrons. The quantitative estimate of drug-likeness (QED) is 0.303. The third kappa shape index (κ3) is 5.40. The molecule has 9 nitrogen and oxygen atoms in total. The molecule has 3 saturated heterocycles. The fourth-order valence-electron chi connectivity index (χ4n) is 8.29. The maximum absolute atomic E-state index is 16.9. The highest BCUT2D eigenvalue weighted by molar-refractivity contribution is 6.01. The molecule has 1 amide bonds. The van der Waals surface area contributed by atoms with Crippen LogP contribution in [0.15, 0.2) is 30.5 Å². The molecule has 2 aromatic carbocycles. The molecule has 0 aliphatic carbocycles. The maximum atomic E-state index is 16.9. The van der Waals surface area contributed by atoms with Crippen LogP contribution in [0.5, 0.6) is 11.8 Å². The zero-order chi connectivity index (χ0) is 32.3. The van der Waals surface area contributed by atoms with Crippen molar-refractivity contribution in [1.29, 1.82) is 0 Å². The van der Waals surface area contributed by atoms with Crippen molar-refractivity contribution < 1.29 is 27.8 Å². The second-order valence-corrected chi connectivity index (χ2v) is 13.6. The predicted molar refractivity (Wildman–Crippen MR) is 171 cm³/mol. The van der Waals surface area contributed by atoms with E-state index in [2.05, 4.69) is 25.1 Å². The summed E-state index contributed by atoms with van der Waals surface area (Å²) in [6, 6.07) is 5.76. The zero-order valence-electron chi connectivity index (χ0n) is 26.1. The van der Waals surface area contributed by atoms with Crippen molar-refractivity contribution in [2.75, 3.05) is 44.2 Å². The summed E-state index contributed by atoms with van der Waals surface area (Å²) in [6.45, 7) is 3.10. The normalized spacial score (nSPS) is 25.0. The third-order valence-electron chi connectivity index (χ3n) is 10.5. The number of benzene rings is 2. The molecule has 12 heteroatoms.